The molecule has 1 aliphatic carbocycles. The van der Waals surface area contributed by atoms with E-state index in [1.165, 1.54) is 62.9 Å². The number of piperidine rings is 1. The molecule has 3 rings (SSSR count). The molecule has 1 saturated heterocycles. The van der Waals surface area contributed by atoms with E-state index < -0.39 is 0 Å². The molecular weight excluding hydrogens is 469 g/mol. The van der Waals surface area contributed by atoms with E-state index in [0.717, 1.165) is 29.2 Å². The fourth-order valence-corrected chi connectivity index (χ4v) is 4.98. The largest absolute Gasteiger partial charge is 0.357 e. The molecule has 7 heteroatoms. The van der Waals surface area contributed by atoms with Crippen LogP contribution in [0.25, 0.3) is 0 Å². The molecule has 154 valence electrons. The van der Waals surface area contributed by atoms with Gasteiger partial charge in [-0.2, -0.15) is 0 Å². The Morgan fingerprint density at radius 3 is 2.44 bits per heavy atom. The minimum Gasteiger partial charge on any atom is -0.357 e. The number of aromatic nitrogens is 1. The standard InChI is InChI=1S/C20H35N5S.HI/c1-4-21-20(22-14-19-23-15(2)16(3)26-19)24-17-10-12-25(13-11-17)18-8-6-5-7-9-18;/h17-18H,4-14H2,1-3H3,(H2,21,22,24);1H. The average Bonchev–Trinajstić information content (AvgIpc) is 2.99. The van der Waals surface area contributed by atoms with E-state index in [4.69, 9.17) is 4.99 Å². The van der Waals surface area contributed by atoms with Crippen molar-refractivity contribution >= 4 is 41.3 Å². The first kappa shape index (κ1) is 22.9. The number of likely N-dealkylation sites (tertiary alicyclic amines) is 1. The molecule has 0 bridgehead atoms. The van der Waals surface area contributed by atoms with Gasteiger partial charge in [-0.15, -0.1) is 35.3 Å². The summed E-state index contributed by atoms with van der Waals surface area (Å²) >= 11 is 1.76. The number of guanidine groups is 1. The third-order valence-electron chi connectivity index (χ3n) is 5.75. The highest BCUT2D eigenvalue weighted by atomic mass is 127. The monoisotopic (exact) mass is 505 g/mol. The summed E-state index contributed by atoms with van der Waals surface area (Å²) in [4.78, 5) is 13.4. The second-order valence-electron chi connectivity index (χ2n) is 7.69. The van der Waals surface area contributed by atoms with E-state index in [1.807, 2.05) is 0 Å². The van der Waals surface area contributed by atoms with Crippen molar-refractivity contribution in [3.63, 3.8) is 0 Å². The predicted molar refractivity (Wildman–Crippen MR) is 126 cm³/mol. The van der Waals surface area contributed by atoms with Gasteiger partial charge in [0.05, 0.1) is 12.2 Å². The van der Waals surface area contributed by atoms with Gasteiger partial charge in [0.15, 0.2) is 5.96 Å². The maximum absolute atomic E-state index is 4.77. The van der Waals surface area contributed by atoms with E-state index >= 15 is 0 Å². The highest BCUT2D eigenvalue weighted by Gasteiger charge is 2.26. The average molecular weight is 506 g/mol. The molecule has 1 aromatic heterocycles. The molecule has 0 atom stereocenters. The SMILES string of the molecule is CCNC(=NCc1nc(C)c(C)s1)NC1CCN(C2CCCCC2)CC1.I. The molecule has 0 spiro atoms. The Morgan fingerprint density at radius 1 is 1.15 bits per heavy atom. The van der Waals surface area contributed by atoms with E-state index in [2.05, 4.69) is 41.3 Å². The number of thiazole rings is 1. The molecule has 0 radical (unpaired) electrons. The van der Waals surface area contributed by atoms with Crippen LogP contribution in [0.3, 0.4) is 0 Å². The summed E-state index contributed by atoms with van der Waals surface area (Å²) < 4.78 is 0. The van der Waals surface area contributed by atoms with Gasteiger partial charge in [0.1, 0.15) is 5.01 Å². The number of halogens is 1. The summed E-state index contributed by atoms with van der Waals surface area (Å²) in [7, 11) is 0. The number of aryl methyl sites for hydroxylation is 2. The number of nitrogens with zero attached hydrogens (tertiary/aromatic N) is 3. The zero-order valence-corrected chi connectivity index (χ0v) is 20.2. The van der Waals surface area contributed by atoms with Gasteiger partial charge in [-0.1, -0.05) is 19.3 Å². The van der Waals surface area contributed by atoms with Crippen molar-refractivity contribution in [1.29, 1.82) is 0 Å². The van der Waals surface area contributed by atoms with Crippen LogP contribution in [0.15, 0.2) is 4.99 Å². The lowest BCUT2D eigenvalue weighted by molar-refractivity contribution is 0.119. The van der Waals surface area contributed by atoms with Crippen molar-refractivity contribution in [2.24, 2.45) is 4.99 Å². The molecule has 1 aromatic rings. The van der Waals surface area contributed by atoms with Crippen molar-refractivity contribution in [3.05, 3.63) is 15.6 Å². The fraction of sp³-hybridized carbons (Fsp3) is 0.800. The Labute approximate surface area is 185 Å². The van der Waals surface area contributed by atoms with Gasteiger partial charge in [-0.05, 0) is 46.5 Å². The van der Waals surface area contributed by atoms with Crippen molar-refractivity contribution < 1.29 is 0 Å². The molecule has 2 aliphatic rings. The van der Waals surface area contributed by atoms with Gasteiger partial charge >= 0.3 is 0 Å². The fourth-order valence-electron chi connectivity index (χ4n) is 4.12. The number of nitrogens with one attached hydrogen (secondary N) is 2. The predicted octanol–water partition coefficient (Wildman–Crippen LogP) is 4.23. The van der Waals surface area contributed by atoms with E-state index in [-0.39, 0.29) is 24.0 Å². The molecule has 1 saturated carbocycles. The van der Waals surface area contributed by atoms with Crippen molar-refractivity contribution in [2.45, 2.75) is 84.3 Å². The molecule has 2 heterocycles. The maximum Gasteiger partial charge on any atom is 0.191 e. The van der Waals surface area contributed by atoms with Crippen LogP contribution in [0.5, 0.6) is 0 Å². The first-order valence-electron chi connectivity index (χ1n) is 10.4. The smallest absolute Gasteiger partial charge is 0.191 e. The highest BCUT2D eigenvalue weighted by molar-refractivity contribution is 14.0. The normalized spacial score (nSPS) is 20.3. The molecule has 1 aliphatic heterocycles. The molecule has 2 N–H and O–H groups in total. The van der Waals surface area contributed by atoms with Crippen LogP contribution in [0.4, 0.5) is 0 Å². The third kappa shape index (κ3) is 6.85. The molecule has 27 heavy (non-hydrogen) atoms. The zero-order chi connectivity index (χ0) is 18.4. The van der Waals surface area contributed by atoms with E-state index in [9.17, 15) is 0 Å². The maximum atomic E-state index is 4.77. The first-order valence-corrected chi connectivity index (χ1v) is 11.2. The summed E-state index contributed by atoms with van der Waals surface area (Å²) in [6.07, 6.45) is 9.55. The van der Waals surface area contributed by atoms with Crippen molar-refractivity contribution in [1.82, 2.24) is 20.5 Å². The van der Waals surface area contributed by atoms with Crippen LogP contribution in [-0.2, 0) is 6.54 Å². The summed E-state index contributed by atoms with van der Waals surface area (Å²) in [5.41, 5.74) is 1.13. The van der Waals surface area contributed by atoms with Crippen LogP contribution < -0.4 is 10.6 Å². The van der Waals surface area contributed by atoms with Gasteiger partial charge in [0, 0.05) is 36.6 Å². The van der Waals surface area contributed by atoms with Crippen LogP contribution >= 0.6 is 35.3 Å². The van der Waals surface area contributed by atoms with Gasteiger partial charge < -0.3 is 15.5 Å². The third-order valence-corrected chi connectivity index (χ3v) is 6.81. The Balaban J connectivity index is 0.00000261. The Bertz CT molecular complexity index is 570. The number of rotatable bonds is 5. The minimum atomic E-state index is 0. The van der Waals surface area contributed by atoms with Crippen molar-refractivity contribution in [3.8, 4) is 0 Å². The summed E-state index contributed by atoms with van der Waals surface area (Å²) in [5.74, 6) is 0.939. The zero-order valence-electron chi connectivity index (χ0n) is 17.1. The lowest BCUT2D eigenvalue weighted by Gasteiger charge is -2.39. The molecule has 2 fully saturated rings. The number of aliphatic imine (C=N–C) groups is 1. The molecule has 0 aromatic carbocycles. The number of hydrogen-bond acceptors (Lipinski definition) is 4. The van der Waals surface area contributed by atoms with Crippen LogP contribution in [0, 0.1) is 13.8 Å². The Hall–Kier alpha value is -0.410. The van der Waals surface area contributed by atoms with Gasteiger partial charge in [-0.3, -0.25) is 0 Å². The second kappa shape index (κ2) is 11.6. The van der Waals surface area contributed by atoms with Crippen molar-refractivity contribution in [2.75, 3.05) is 19.6 Å². The van der Waals surface area contributed by atoms with E-state index in [1.54, 1.807) is 11.3 Å². The quantitative estimate of drug-likeness (QED) is 0.357. The molecule has 5 nitrogen and oxygen atoms in total. The summed E-state index contributed by atoms with van der Waals surface area (Å²) in [6.45, 7) is 10.3. The lowest BCUT2D eigenvalue weighted by atomic mass is 9.92. The van der Waals surface area contributed by atoms with Gasteiger partial charge in [-0.25, -0.2) is 9.98 Å². The molecular formula is C20H36IN5S. The summed E-state index contributed by atoms with van der Waals surface area (Å²) in [5, 5.41) is 8.16. The van der Waals surface area contributed by atoms with Crippen LogP contribution in [-0.4, -0.2) is 47.6 Å². The lowest BCUT2D eigenvalue weighted by Crippen LogP contribution is -2.50. The van der Waals surface area contributed by atoms with Crippen LogP contribution in [0.1, 0.15) is 67.4 Å². The molecule has 0 amide bonds. The minimum absolute atomic E-state index is 0. The second-order valence-corrected chi connectivity index (χ2v) is 8.98. The Kier molecular flexibility index (Phi) is 9.79. The topological polar surface area (TPSA) is 52.6 Å². The van der Waals surface area contributed by atoms with E-state index in [0.29, 0.717) is 12.6 Å². The highest BCUT2D eigenvalue weighted by Crippen LogP contribution is 2.25. The first-order chi connectivity index (χ1) is 12.7. The molecule has 0 unspecified atom stereocenters. The Morgan fingerprint density at radius 2 is 1.85 bits per heavy atom. The van der Waals surface area contributed by atoms with Gasteiger partial charge in [0.2, 0.25) is 0 Å². The summed E-state index contributed by atoms with van der Waals surface area (Å²) in [6, 6.07) is 1.38. The number of hydrogen-bond donors (Lipinski definition) is 2. The van der Waals surface area contributed by atoms with Crippen LogP contribution in [0.2, 0.25) is 0 Å². The van der Waals surface area contributed by atoms with Gasteiger partial charge in [0.25, 0.3) is 0 Å².